The van der Waals surface area contributed by atoms with Gasteiger partial charge >= 0.3 is 5.97 Å². The van der Waals surface area contributed by atoms with E-state index in [2.05, 4.69) is 28.0 Å². The average molecular weight is 429 g/mol. The first-order valence-electron chi connectivity index (χ1n) is 12.1. The van der Waals surface area contributed by atoms with Crippen molar-refractivity contribution in [2.45, 2.75) is 51.6 Å². The quantitative estimate of drug-likeness (QED) is 0.673. The van der Waals surface area contributed by atoms with Crippen LogP contribution < -0.4 is 4.74 Å². The number of likely N-dealkylation sites (tertiary alicyclic amines) is 1. The second-order valence-corrected chi connectivity index (χ2v) is 9.69. The van der Waals surface area contributed by atoms with Crippen LogP contribution in [-0.4, -0.2) is 74.4 Å². The zero-order chi connectivity index (χ0) is 21.3. The van der Waals surface area contributed by atoms with E-state index in [4.69, 9.17) is 14.2 Å². The molecule has 3 fully saturated rings. The number of ether oxygens (including phenoxy) is 3. The Kier molecular flexibility index (Phi) is 6.22. The van der Waals surface area contributed by atoms with Crippen LogP contribution in [0.2, 0.25) is 0 Å². The van der Waals surface area contributed by atoms with Crippen LogP contribution in [0, 0.1) is 11.3 Å². The Morgan fingerprint density at radius 1 is 1.19 bits per heavy atom. The summed E-state index contributed by atoms with van der Waals surface area (Å²) in [5.41, 5.74) is 2.29. The molecule has 0 amide bonds. The Bertz CT molecular complexity index is 794. The van der Waals surface area contributed by atoms with Crippen molar-refractivity contribution in [1.82, 2.24) is 9.80 Å². The van der Waals surface area contributed by atoms with Gasteiger partial charge in [0.15, 0.2) is 0 Å². The minimum atomic E-state index is -0.350. The number of hydrogen-bond donors (Lipinski definition) is 0. The van der Waals surface area contributed by atoms with Gasteiger partial charge in [0, 0.05) is 38.6 Å². The van der Waals surface area contributed by atoms with Crippen LogP contribution in [0.25, 0.3) is 0 Å². The predicted molar refractivity (Wildman–Crippen MR) is 118 cm³/mol. The zero-order valence-corrected chi connectivity index (χ0v) is 18.8. The van der Waals surface area contributed by atoms with Gasteiger partial charge in [-0.15, -0.1) is 0 Å². The fourth-order valence-electron chi connectivity index (χ4n) is 6.33. The summed E-state index contributed by atoms with van der Waals surface area (Å²) in [6, 6.07) is 7.17. The van der Waals surface area contributed by atoms with Crippen LogP contribution in [-0.2, 0) is 27.2 Å². The summed E-state index contributed by atoms with van der Waals surface area (Å²) in [6.45, 7) is 9.67. The largest absolute Gasteiger partial charge is 0.493 e. The van der Waals surface area contributed by atoms with E-state index in [0.29, 0.717) is 18.6 Å². The van der Waals surface area contributed by atoms with Crippen molar-refractivity contribution >= 4 is 5.97 Å². The van der Waals surface area contributed by atoms with Gasteiger partial charge in [0.1, 0.15) is 5.75 Å². The molecule has 3 atom stereocenters. The third-order valence-electron chi connectivity index (χ3n) is 7.97. The Balaban J connectivity index is 1.30. The van der Waals surface area contributed by atoms with E-state index in [1.54, 1.807) is 0 Å². The Labute approximate surface area is 185 Å². The molecule has 1 saturated carbocycles. The zero-order valence-electron chi connectivity index (χ0n) is 18.8. The maximum Gasteiger partial charge on any atom is 0.313 e. The lowest BCUT2D eigenvalue weighted by Gasteiger charge is -2.52. The lowest BCUT2D eigenvalue weighted by atomic mass is 9.61. The van der Waals surface area contributed by atoms with E-state index in [0.717, 1.165) is 90.4 Å². The normalized spacial score (nSPS) is 31.5. The van der Waals surface area contributed by atoms with Gasteiger partial charge in [-0.2, -0.15) is 0 Å². The summed E-state index contributed by atoms with van der Waals surface area (Å²) in [5, 5.41) is 0. The Hall–Kier alpha value is -1.63. The molecule has 0 radical (unpaired) electrons. The van der Waals surface area contributed by atoms with Gasteiger partial charge < -0.3 is 14.2 Å². The molecule has 0 aromatic heterocycles. The van der Waals surface area contributed by atoms with Gasteiger partial charge in [-0.1, -0.05) is 12.1 Å². The van der Waals surface area contributed by atoms with E-state index in [9.17, 15) is 4.79 Å². The van der Waals surface area contributed by atoms with Gasteiger partial charge in [-0.25, -0.2) is 0 Å². The van der Waals surface area contributed by atoms with Crippen molar-refractivity contribution in [2.24, 2.45) is 11.3 Å². The summed E-state index contributed by atoms with van der Waals surface area (Å²) in [4.78, 5) is 18.4. The maximum atomic E-state index is 13.3. The van der Waals surface area contributed by atoms with Crippen LogP contribution in [0.3, 0.4) is 0 Å². The number of esters is 1. The molecule has 5 rings (SSSR count). The van der Waals surface area contributed by atoms with Crippen LogP contribution in [0.4, 0.5) is 0 Å². The van der Waals surface area contributed by atoms with E-state index in [1.807, 2.05) is 6.92 Å². The third-order valence-corrected chi connectivity index (χ3v) is 7.97. The van der Waals surface area contributed by atoms with Crippen LogP contribution in [0.5, 0.6) is 5.75 Å². The molecular weight excluding hydrogens is 392 g/mol. The summed E-state index contributed by atoms with van der Waals surface area (Å²) >= 11 is 0. The minimum Gasteiger partial charge on any atom is -0.493 e. The molecule has 6 heteroatoms. The summed E-state index contributed by atoms with van der Waals surface area (Å²) in [7, 11) is 0. The molecule has 3 aliphatic heterocycles. The monoisotopic (exact) mass is 428 g/mol. The topological polar surface area (TPSA) is 51.2 Å². The number of benzene rings is 1. The van der Waals surface area contributed by atoms with Gasteiger partial charge in [-0.05, 0) is 62.3 Å². The van der Waals surface area contributed by atoms with Crippen molar-refractivity contribution in [3.63, 3.8) is 0 Å². The second-order valence-electron chi connectivity index (χ2n) is 9.69. The molecule has 0 bridgehead atoms. The van der Waals surface area contributed by atoms with Gasteiger partial charge in [0.05, 0.1) is 31.8 Å². The number of piperidine rings is 1. The number of nitrogens with zero attached hydrogens (tertiary/aromatic N) is 2. The standard InChI is InChI=1S/C25H36N2O4/c1-2-30-24(28)25-8-5-22(27-10-13-29-14-11-27)16-21(25)6-9-26(18-25)17-19-3-4-23-20(15-19)7-12-31-23/h3-4,15,21-22H,2,5-14,16-18H2,1H3/t21-,22+,25-/m1/s1. The summed E-state index contributed by atoms with van der Waals surface area (Å²) in [5.74, 6) is 1.48. The van der Waals surface area contributed by atoms with Gasteiger partial charge in [-0.3, -0.25) is 14.6 Å². The molecule has 0 unspecified atom stereocenters. The molecule has 0 spiro atoms. The van der Waals surface area contributed by atoms with Gasteiger partial charge in [0.2, 0.25) is 0 Å². The fourth-order valence-corrected chi connectivity index (χ4v) is 6.33. The van der Waals surface area contributed by atoms with Crippen LogP contribution in [0.15, 0.2) is 18.2 Å². The minimum absolute atomic E-state index is 0.0347. The third kappa shape index (κ3) is 4.22. The van der Waals surface area contributed by atoms with Crippen molar-refractivity contribution in [3.05, 3.63) is 29.3 Å². The van der Waals surface area contributed by atoms with Gasteiger partial charge in [0.25, 0.3) is 0 Å². The molecule has 1 aromatic rings. The fraction of sp³-hybridized carbons (Fsp3) is 0.720. The first-order chi connectivity index (χ1) is 15.2. The number of carbonyl (C=O) groups excluding carboxylic acids is 1. The smallest absolute Gasteiger partial charge is 0.313 e. The summed E-state index contributed by atoms with van der Waals surface area (Å²) < 4.78 is 16.9. The highest BCUT2D eigenvalue weighted by Gasteiger charge is 2.53. The molecular formula is C25H36N2O4. The van der Waals surface area contributed by atoms with Crippen molar-refractivity contribution < 1.29 is 19.0 Å². The SMILES string of the molecule is CCOC(=O)[C@@]12CC[C@H](N3CCOCC3)C[C@H]1CCN(Cc1ccc3c(c1)CCO3)C2. The lowest BCUT2D eigenvalue weighted by Crippen LogP contribution is -2.58. The highest BCUT2D eigenvalue weighted by molar-refractivity contribution is 5.78. The first kappa shape index (κ1) is 21.2. The molecule has 4 aliphatic rings. The molecule has 6 nitrogen and oxygen atoms in total. The lowest BCUT2D eigenvalue weighted by molar-refractivity contribution is -0.170. The summed E-state index contributed by atoms with van der Waals surface area (Å²) in [6.07, 6.45) is 5.21. The highest BCUT2D eigenvalue weighted by Crippen LogP contribution is 2.48. The van der Waals surface area contributed by atoms with Crippen molar-refractivity contribution in [1.29, 1.82) is 0 Å². The highest BCUT2D eigenvalue weighted by atomic mass is 16.5. The van der Waals surface area contributed by atoms with E-state index in [1.165, 1.54) is 11.1 Å². The van der Waals surface area contributed by atoms with Crippen LogP contribution in [0.1, 0.15) is 43.7 Å². The van der Waals surface area contributed by atoms with E-state index >= 15 is 0 Å². The molecule has 31 heavy (non-hydrogen) atoms. The molecule has 1 aromatic carbocycles. The van der Waals surface area contributed by atoms with Crippen LogP contribution >= 0.6 is 0 Å². The molecule has 170 valence electrons. The Morgan fingerprint density at radius 3 is 2.90 bits per heavy atom. The Morgan fingerprint density at radius 2 is 2.06 bits per heavy atom. The molecule has 2 saturated heterocycles. The average Bonchev–Trinajstić information content (AvgIpc) is 3.27. The van der Waals surface area contributed by atoms with E-state index < -0.39 is 0 Å². The van der Waals surface area contributed by atoms with Crippen molar-refractivity contribution in [2.75, 3.05) is 52.6 Å². The molecule has 1 aliphatic carbocycles. The molecule has 0 N–H and O–H groups in total. The number of fused-ring (bicyclic) bond motifs is 2. The van der Waals surface area contributed by atoms with E-state index in [-0.39, 0.29) is 11.4 Å². The molecule has 3 heterocycles. The van der Waals surface area contributed by atoms with Crippen molar-refractivity contribution in [3.8, 4) is 5.75 Å². The number of carbonyl (C=O) groups is 1. The number of rotatable bonds is 5. The second kappa shape index (κ2) is 9.08. The number of hydrogen-bond acceptors (Lipinski definition) is 6. The predicted octanol–water partition coefficient (Wildman–Crippen LogP) is 2.88. The maximum absolute atomic E-state index is 13.3. The first-order valence-corrected chi connectivity index (χ1v) is 12.1. The number of morpholine rings is 1.